The van der Waals surface area contributed by atoms with Gasteiger partial charge in [0.2, 0.25) is 0 Å². The number of benzene rings is 1. The number of rotatable bonds is 6. The van der Waals surface area contributed by atoms with E-state index in [9.17, 15) is 0 Å². The Balaban J connectivity index is 2.48. The van der Waals surface area contributed by atoms with Crippen LogP contribution in [0.2, 0.25) is 5.02 Å². The van der Waals surface area contributed by atoms with Gasteiger partial charge in [-0.1, -0.05) is 37.9 Å². The van der Waals surface area contributed by atoms with E-state index in [1.165, 1.54) is 6.42 Å². The molecule has 0 aliphatic rings. The Morgan fingerprint density at radius 2 is 2.05 bits per heavy atom. The number of hydrogen-bond acceptors (Lipinski definition) is 1. The highest BCUT2D eigenvalue weighted by molar-refractivity contribution is 6.34. The molecule has 0 spiro atoms. The number of imidazole rings is 1. The standard InChI is InChI=1S/C16H22Cl2N2/c1-4-11(2)10-12(3)20-14-7-5-6-13(18)16(14)19-15(20)8-9-17/h5-7,11-12H,4,8-10H2,1-3H3. The molecule has 0 bridgehead atoms. The monoisotopic (exact) mass is 312 g/mol. The molecule has 0 radical (unpaired) electrons. The molecule has 1 aromatic carbocycles. The second-order valence-electron chi connectivity index (χ2n) is 5.54. The first kappa shape index (κ1) is 15.7. The van der Waals surface area contributed by atoms with Gasteiger partial charge in [-0.05, 0) is 31.4 Å². The molecule has 0 aliphatic heterocycles. The Morgan fingerprint density at radius 3 is 2.70 bits per heavy atom. The van der Waals surface area contributed by atoms with E-state index in [0.29, 0.717) is 22.9 Å². The number of nitrogens with zero attached hydrogens (tertiary/aromatic N) is 2. The van der Waals surface area contributed by atoms with Crippen LogP contribution in [0, 0.1) is 5.92 Å². The number of aryl methyl sites for hydroxylation is 1. The van der Waals surface area contributed by atoms with Gasteiger partial charge in [0.05, 0.1) is 10.5 Å². The van der Waals surface area contributed by atoms with Gasteiger partial charge >= 0.3 is 0 Å². The normalized spacial score (nSPS) is 14.7. The molecule has 110 valence electrons. The van der Waals surface area contributed by atoms with Gasteiger partial charge in [0.15, 0.2) is 0 Å². The third-order valence-corrected chi connectivity index (χ3v) is 4.44. The van der Waals surface area contributed by atoms with Crippen molar-refractivity contribution in [2.45, 2.75) is 46.1 Å². The maximum absolute atomic E-state index is 6.27. The van der Waals surface area contributed by atoms with E-state index < -0.39 is 0 Å². The van der Waals surface area contributed by atoms with Crippen molar-refractivity contribution in [3.05, 3.63) is 29.0 Å². The minimum atomic E-state index is 0.409. The van der Waals surface area contributed by atoms with Gasteiger partial charge in [0, 0.05) is 18.3 Å². The van der Waals surface area contributed by atoms with E-state index in [1.807, 2.05) is 12.1 Å². The Kier molecular flexibility index (Phi) is 5.34. The average Bonchev–Trinajstić information content (AvgIpc) is 2.78. The molecule has 4 heteroatoms. The molecule has 1 aromatic heterocycles. The minimum Gasteiger partial charge on any atom is -0.325 e. The number of para-hydroxylation sites is 1. The van der Waals surface area contributed by atoms with Crippen molar-refractivity contribution in [3.8, 4) is 0 Å². The van der Waals surface area contributed by atoms with Gasteiger partial charge in [0.25, 0.3) is 0 Å². The van der Waals surface area contributed by atoms with Crippen molar-refractivity contribution >= 4 is 34.2 Å². The van der Waals surface area contributed by atoms with Crippen LogP contribution >= 0.6 is 23.2 Å². The minimum absolute atomic E-state index is 0.409. The number of halogens is 2. The molecule has 0 saturated heterocycles. The van der Waals surface area contributed by atoms with E-state index in [2.05, 4.69) is 31.4 Å². The van der Waals surface area contributed by atoms with Crippen LogP contribution in [-0.4, -0.2) is 15.4 Å². The molecule has 1 heterocycles. The topological polar surface area (TPSA) is 17.8 Å². The lowest BCUT2D eigenvalue weighted by molar-refractivity contribution is 0.397. The van der Waals surface area contributed by atoms with E-state index in [0.717, 1.165) is 29.7 Å². The van der Waals surface area contributed by atoms with Gasteiger partial charge in [0.1, 0.15) is 11.3 Å². The van der Waals surface area contributed by atoms with E-state index in [-0.39, 0.29) is 0 Å². The van der Waals surface area contributed by atoms with Gasteiger partial charge in [-0.2, -0.15) is 0 Å². The molecule has 2 atom stereocenters. The van der Waals surface area contributed by atoms with Crippen LogP contribution in [0.3, 0.4) is 0 Å². The van der Waals surface area contributed by atoms with Crippen molar-refractivity contribution in [2.75, 3.05) is 5.88 Å². The van der Waals surface area contributed by atoms with E-state index >= 15 is 0 Å². The van der Waals surface area contributed by atoms with Crippen molar-refractivity contribution < 1.29 is 0 Å². The summed E-state index contributed by atoms with van der Waals surface area (Å²) in [4.78, 5) is 4.70. The number of fused-ring (bicyclic) bond motifs is 1. The maximum atomic E-state index is 6.27. The van der Waals surface area contributed by atoms with Crippen LogP contribution in [0.25, 0.3) is 11.0 Å². The Bertz CT molecular complexity index is 577. The van der Waals surface area contributed by atoms with E-state index in [4.69, 9.17) is 28.2 Å². The molecule has 2 aromatic rings. The van der Waals surface area contributed by atoms with Gasteiger partial charge in [-0.25, -0.2) is 4.98 Å². The first-order valence-corrected chi connectivity index (χ1v) is 8.21. The summed E-state index contributed by atoms with van der Waals surface area (Å²) in [5.41, 5.74) is 2.01. The zero-order chi connectivity index (χ0) is 14.7. The smallest absolute Gasteiger partial charge is 0.111 e. The molecular formula is C16H22Cl2N2. The first-order valence-electron chi connectivity index (χ1n) is 7.29. The quantitative estimate of drug-likeness (QED) is 0.647. The third kappa shape index (κ3) is 3.12. The fraction of sp³-hybridized carbons (Fsp3) is 0.562. The molecule has 0 aliphatic carbocycles. The van der Waals surface area contributed by atoms with Crippen molar-refractivity contribution in [1.82, 2.24) is 9.55 Å². The fourth-order valence-electron chi connectivity index (χ4n) is 2.74. The summed E-state index contributed by atoms with van der Waals surface area (Å²) >= 11 is 12.2. The van der Waals surface area contributed by atoms with Crippen LogP contribution in [-0.2, 0) is 6.42 Å². The lowest BCUT2D eigenvalue weighted by atomic mass is 10.00. The summed E-state index contributed by atoms with van der Waals surface area (Å²) in [5.74, 6) is 2.32. The molecule has 2 nitrogen and oxygen atoms in total. The highest BCUT2D eigenvalue weighted by Gasteiger charge is 2.18. The SMILES string of the molecule is CCC(C)CC(C)n1c(CCCl)nc2c(Cl)cccc21. The second kappa shape index (κ2) is 6.82. The molecule has 0 fully saturated rings. The van der Waals surface area contributed by atoms with Crippen LogP contribution in [0.1, 0.15) is 45.5 Å². The zero-order valence-electron chi connectivity index (χ0n) is 12.4. The molecule has 0 amide bonds. The van der Waals surface area contributed by atoms with Crippen LogP contribution in [0.4, 0.5) is 0 Å². The highest BCUT2D eigenvalue weighted by Crippen LogP contribution is 2.30. The second-order valence-corrected chi connectivity index (χ2v) is 6.33. The average molecular weight is 313 g/mol. The Hall–Kier alpha value is -0.730. The summed E-state index contributed by atoms with van der Waals surface area (Å²) < 4.78 is 2.32. The number of alkyl halides is 1. The first-order chi connectivity index (χ1) is 9.58. The number of hydrogen-bond donors (Lipinski definition) is 0. The summed E-state index contributed by atoms with van der Waals surface area (Å²) in [7, 11) is 0. The molecule has 0 N–H and O–H groups in total. The van der Waals surface area contributed by atoms with Gasteiger partial charge in [-0.3, -0.25) is 0 Å². The Labute approximate surface area is 131 Å². The summed E-state index contributed by atoms with van der Waals surface area (Å²) in [6, 6.07) is 6.39. The summed E-state index contributed by atoms with van der Waals surface area (Å²) in [6.07, 6.45) is 3.11. The van der Waals surface area contributed by atoms with Crippen LogP contribution in [0.5, 0.6) is 0 Å². The number of aromatic nitrogens is 2. The fourth-order valence-corrected chi connectivity index (χ4v) is 3.12. The van der Waals surface area contributed by atoms with Gasteiger partial charge in [-0.15, -0.1) is 11.6 Å². The molecule has 2 rings (SSSR count). The van der Waals surface area contributed by atoms with Crippen LogP contribution in [0.15, 0.2) is 18.2 Å². The predicted molar refractivity (Wildman–Crippen MR) is 88.0 cm³/mol. The molecule has 20 heavy (non-hydrogen) atoms. The predicted octanol–water partition coefficient (Wildman–Crippen LogP) is 5.47. The summed E-state index contributed by atoms with van der Waals surface area (Å²) in [6.45, 7) is 6.79. The lowest BCUT2D eigenvalue weighted by Crippen LogP contribution is -2.13. The lowest BCUT2D eigenvalue weighted by Gasteiger charge is -2.20. The molecular weight excluding hydrogens is 291 g/mol. The third-order valence-electron chi connectivity index (χ3n) is 3.94. The van der Waals surface area contributed by atoms with Crippen LogP contribution < -0.4 is 0 Å². The maximum Gasteiger partial charge on any atom is 0.111 e. The van der Waals surface area contributed by atoms with Crippen molar-refractivity contribution in [2.24, 2.45) is 5.92 Å². The largest absolute Gasteiger partial charge is 0.325 e. The summed E-state index contributed by atoms with van der Waals surface area (Å²) in [5, 5.41) is 0.716. The Morgan fingerprint density at radius 1 is 1.30 bits per heavy atom. The molecule has 2 unspecified atom stereocenters. The van der Waals surface area contributed by atoms with Crippen molar-refractivity contribution in [3.63, 3.8) is 0 Å². The van der Waals surface area contributed by atoms with E-state index in [1.54, 1.807) is 0 Å². The molecule has 0 saturated carbocycles. The zero-order valence-corrected chi connectivity index (χ0v) is 13.9. The van der Waals surface area contributed by atoms with Gasteiger partial charge < -0.3 is 4.57 Å². The van der Waals surface area contributed by atoms with Crippen molar-refractivity contribution in [1.29, 1.82) is 0 Å². The highest BCUT2D eigenvalue weighted by atomic mass is 35.5.